The second kappa shape index (κ2) is 6.11. The van der Waals surface area contributed by atoms with Crippen LogP contribution in [-0.2, 0) is 0 Å². The third-order valence-corrected chi connectivity index (χ3v) is 3.83. The first-order valence-electron chi connectivity index (χ1n) is 7.38. The smallest absolute Gasteiger partial charge is 0.213 e. The van der Waals surface area contributed by atoms with Gasteiger partial charge in [-0.25, -0.2) is 4.98 Å². The first-order valence-corrected chi connectivity index (χ1v) is 7.38. The van der Waals surface area contributed by atoms with Crippen LogP contribution < -0.4 is 10.1 Å². The summed E-state index contributed by atoms with van der Waals surface area (Å²) < 4.78 is 5.90. The molecule has 0 spiro atoms. The van der Waals surface area contributed by atoms with Gasteiger partial charge in [0, 0.05) is 38.8 Å². The molecule has 1 saturated heterocycles. The number of hydrogen-bond acceptors (Lipinski definition) is 3. The molecule has 2 fully saturated rings. The largest absolute Gasteiger partial charge is 0.472 e. The van der Waals surface area contributed by atoms with Gasteiger partial charge in [0.15, 0.2) is 5.96 Å². The fraction of sp³-hybridized carbons (Fsp3) is 0.600. The van der Waals surface area contributed by atoms with E-state index < -0.39 is 0 Å². The molecule has 1 N–H and O–H groups in total. The van der Waals surface area contributed by atoms with Gasteiger partial charge < -0.3 is 15.0 Å². The molecule has 108 valence electrons. The Morgan fingerprint density at radius 2 is 2.35 bits per heavy atom. The van der Waals surface area contributed by atoms with Crippen molar-refractivity contribution in [1.29, 1.82) is 0 Å². The van der Waals surface area contributed by atoms with E-state index in [9.17, 15) is 0 Å². The van der Waals surface area contributed by atoms with Crippen molar-refractivity contribution in [1.82, 2.24) is 15.2 Å². The number of aromatic nitrogens is 1. The van der Waals surface area contributed by atoms with E-state index in [1.54, 1.807) is 6.20 Å². The van der Waals surface area contributed by atoms with Crippen LogP contribution in [0.15, 0.2) is 29.4 Å². The minimum atomic E-state index is 0.198. The molecular weight excluding hydrogens is 252 g/mol. The average Bonchev–Trinajstić information content (AvgIpc) is 3.20. The lowest BCUT2D eigenvalue weighted by Crippen LogP contribution is -2.41. The average molecular weight is 274 g/mol. The molecule has 1 atom stereocenters. The lowest BCUT2D eigenvalue weighted by molar-refractivity contribution is 0.205. The van der Waals surface area contributed by atoms with Crippen LogP contribution in [0.5, 0.6) is 5.88 Å². The maximum atomic E-state index is 5.90. The normalized spacial score (nSPS) is 22.9. The van der Waals surface area contributed by atoms with Gasteiger partial charge in [0.25, 0.3) is 0 Å². The molecule has 1 aromatic heterocycles. The highest BCUT2D eigenvalue weighted by Gasteiger charge is 2.28. The maximum absolute atomic E-state index is 5.90. The lowest BCUT2D eigenvalue weighted by atomic mass is 10.3. The standard InChI is InChI=1S/C15H22N4O/c1-16-15(18-10-12-5-6-12)19-9-7-13(11-19)20-14-4-2-3-8-17-14/h2-4,8,12-13H,5-7,9-11H2,1H3,(H,16,18). The summed E-state index contributed by atoms with van der Waals surface area (Å²) in [5, 5.41) is 3.46. The van der Waals surface area contributed by atoms with E-state index in [-0.39, 0.29) is 6.10 Å². The van der Waals surface area contributed by atoms with Crippen LogP contribution in [0.2, 0.25) is 0 Å². The highest BCUT2D eigenvalue weighted by molar-refractivity contribution is 5.80. The molecule has 1 aliphatic heterocycles. The fourth-order valence-electron chi connectivity index (χ4n) is 2.49. The summed E-state index contributed by atoms with van der Waals surface area (Å²) in [6.07, 6.45) is 5.69. The van der Waals surface area contributed by atoms with Gasteiger partial charge in [-0.05, 0) is 24.8 Å². The number of nitrogens with zero attached hydrogens (tertiary/aromatic N) is 3. The second-order valence-corrected chi connectivity index (χ2v) is 5.51. The van der Waals surface area contributed by atoms with Gasteiger partial charge in [-0.2, -0.15) is 0 Å². The van der Waals surface area contributed by atoms with Crippen molar-refractivity contribution >= 4 is 5.96 Å². The van der Waals surface area contributed by atoms with Crippen molar-refractivity contribution in [3.63, 3.8) is 0 Å². The first-order chi connectivity index (χ1) is 9.85. The first kappa shape index (κ1) is 13.2. The van der Waals surface area contributed by atoms with Gasteiger partial charge in [0.05, 0.1) is 6.54 Å². The van der Waals surface area contributed by atoms with Crippen molar-refractivity contribution in [3.05, 3.63) is 24.4 Å². The number of aliphatic imine (C=N–C) groups is 1. The number of hydrogen-bond donors (Lipinski definition) is 1. The van der Waals surface area contributed by atoms with E-state index in [2.05, 4.69) is 20.2 Å². The molecule has 0 amide bonds. The molecule has 1 aliphatic carbocycles. The molecule has 2 heterocycles. The van der Waals surface area contributed by atoms with Gasteiger partial charge in [0.2, 0.25) is 5.88 Å². The fourth-order valence-corrected chi connectivity index (χ4v) is 2.49. The number of ether oxygens (including phenoxy) is 1. The molecule has 0 aromatic carbocycles. The molecule has 1 unspecified atom stereocenters. The van der Waals surface area contributed by atoms with Crippen molar-refractivity contribution in [3.8, 4) is 5.88 Å². The third-order valence-electron chi connectivity index (χ3n) is 3.83. The van der Waals surface area contributed by atoms with Crippen molar-refractivity contribution in [2.45, 2.75) is 25.4 Å². The summed E-state index contributed by atoms with van der Waals surface area (Å²) in [7, 11) is 1.85. The zero-order valence-electron chi connectivity index (χ0n) is 12.0. The van der Waals surface area contributed by atoms with E-state index in [4.69, 9.17) is 4.74 Å². The topological polar surface area (TPSA) is 49.8 Å². The quantitative estimate of drug-likeness (QED) is 0.668. The summed E-state index contributed by atoms with van der Waals surface area (Å²) in [4.78, 5) is 10.9. The predicted octanol–water partition coefficient (Wildman–Crippen LogP) is 1.52. The van der Waals surface area contributed by atoms with Gasteiger partial charge >= 0.3 is 0 Å². The van der Waals surface area contributed by atoms with Crippen LogP contribution >= 0.6 is 0 Å². The van der Waals surface area contributed by atoms with Gasteiger partial charge in [-0.3, -0.25) is 4.99 Å². The molecule has 0 bridgehead atoms. The van der Waals surface area contributed by atoms with Crippen LogP contribution in [0.25, 0.3) is 0 Å². The summed E-state index contributed by atoms with van der Waals surface area (Å²) in [6.45, 7) is 2.91. The van der Waals surface area contributed by atoms with E-state index in [0.717, 1.165) is 37.9 Å². The molecule has 5 nitrogen and oxygen atoms in total. The van der Waals surface area contributed by atoms with E-state index >= 15 is 0 Å². The summed E-state index contributed by atoms with van der Waals surface area (Å²) in [5.74, 6) is 2.57. The summed E-state index contributed by atoms with van der Waals surface area (Å²) in [6, 6.07) is 5.76. The molecule has 20 heavy (non-hydrogen) atoms. The Kier molecular flexibility index (Phi) is 4.04. The van der Waals surface area contributed by atoms with Gasteiger partial charge in [-0.15, -0.1) is 0 Å². The van der Waals surface area contributed by atoms with E-state index in [1.807, 2.05) is 25.2 Å². The third kappa shape index (κ3) is 3.40. The van der Waals surface area contributed by atoms with Gasteiger partial charge in [0.1, 0.15) is 6.10 Å². The Bertz CT molecular complexity index is 458. The Hall–Kier alpha value is -1.78. The van der Waals surface area contributed by atoms with Gasteiger partial charge in [-0.1, -0.05) is 6.07 Å². The molecule has 2 aliphatic rings. The number of guanidine groups is 1. The summed E-state index contributed by atoms with van der Waals surface area (Å²) >= 11 is 0. The number of nitrogens with one attached hydrogen (secondary N) is 1. The highest BCUT2D eigenvalue weighted by Crippen LogP contribution is 2.27. The van der Waals surface area contributed by atoms with Crippen LogP contribution in [-0.4, -0.2) is 48.6 Å². The summed E-state index contributed by atoms with van der Waals surface area (Å²) in [5.41, 5.74) is 0. The molecule has 5 heteroatoms. The van der Waals surface area contributed by atoms with Crippen LogP contribution in [0, 0.1) is 5.92 Å². The Morgan fingerprint density at radius 1 is 1.45 bits per heavy atom. The van der Waals surface area contributed by atoms with Crippen molar-refractivity contribution in [2.24, 2.45) is 10.9 Å². The Morgan fingerprint density at radius 3 is 3.05 bits per heavy atom. The zero-order valence-corrected chi connectivity index (χ0v) is 12.0. The Balaban J connectivity index is 1.50. The van der Waals surface area contributed by atoms with Crippen molar-refractivity contribution < 1.29 is 4.74 Å². The van der Waals surface area contributed by atoms with E-state index in [1.165, 1.54) is 12.8 Å². The molecule has 3 rings (SSSR count). The predicted molar refractivity (Wildman–Crippen MR) is 78.9 cm³/mol. The Labute approximate surface area is 120 Å². The zero-order chi connectivity index (χ0) is 13.8. The molecule has 1 aromatic rings. The monoisotopic (exact) mass is 274 g/mol. The molecule has 0 radical (unpaired) electrons. The minimum Gasteiger partial charge on any atom is -0.472 e. The second-order valence-electron chi connectivity index (χ2n) is 5.51. The minimum absolute atomic E-state index is 0.198. The highest BCUT2D eigenvalue weighted by atomic mass is 16.5. The van der Waals surface area contributed by atoms with Crippen LogP contribution in [0.3, 0.4) is 0 Å². The van der Waals surface area contributed by atoms with Crippen molar-refractivity contribution in [2.75, 3.05) is 26.7 Å². The number of likely N-dealkylation sites (tertiary alicyclic amines) is 1. The molecular formula is C15H22N4O. The SMILES string of the molecule is CN=C(NCC1CC1)N1CCC(Oc2ccccn2)C1. The lowest BCUT2D eigenvalue weighted by Gasteiger charge is -2.21. The van der Waals surface area contributed by atoms with E-state index in [0.29, 0.717) is 5.88 Å². The number of rotatable bonds is 4. The number of pyridine rings is 1. The molecule has 1 saturated carbocycles. The maximum Gasteiger partial charge on any atom is 0.213 e. The van der Waals surface area contributed by atoms with Crippen LogP contribution in [0.4, 0.5) is 0 Å². The van der Waals surface area contributed by atoms with Crippen LogP contribution in [0.1, 0.15) is 19.3 Å².